The highest BCUT2D eigenvalue weighted by Gasteiger charge is 2.38. The molecule has 1 saturated heterocycles. The van der Waals surface area contributed by atoms with Crippen molar-refractivity contribution in [2.24, 2.45) is 11.8 Å². The van der Waals surface area contributed by atoms with E-state index in [0.29, 0.717) is 11.8 Å². The summed E-state index contributed by atoms with van der Waals surface area (Å²) >= 11 is 0. The first-order valence-corrected chi connectivity index (χ1v) is 6.90. The average Bonchev–Trinajstić information content (AvgIpc) is 2.98. The van der Waals surface area contributed by atoms with Gasteiger partial charge >= 0.3 is 0 Å². The second kappa shape index (κ2) is 4.77. The highest BCUT2D eigenvalue weighted by atomic mass is 16.6. The van der Waals surface area contributed by atoms with Crippen LogP contribution in [-0.4, -0.2) is 28.8 Å². The standard InChI is InChI=1S/C14H17N3O3/c15-13-11(5-2-6-12(13)17(19)20)14(18)16-7-9-3-1-4-10(9)8-16/h2,5-6,9-10H,1,3-4,7-8,15H2. The van der Waals surface area contributed by atoms with Crippen LogP contribution in [0.3, 0.4) is 0 Å². The number of carbonyl (C=O) groups is 1. The van der Waals surface area contributed by atoms with E-state index in [2.05, 4.69) is 0 Å². The lowest BCUT2D eigenvalue weighted by atomic mass is 10.0. The lowest BCUT2D eigenvalue weighted by Crippen LogP contribution is -2.30. The number of nitrogens with zero attached hydrogens (tertiary/aromatic N) is 2. The molecule has 1 aromatic carbocycles. The molecule has 1 heterocycles. The SMILES string of the molecule is Nc1c(C(=O)N2CC3CCCC3C2)cccc1[N+](=O)[O-]. The Balaban J connectivity index is 1.85. The van der Waals surface area contributed by atoms with Crippen molar-refractivity contribution in [3.63, 3.8) is 0 Å². The van der Waals surface area contributed by atoms with Crippen molar-refractivity contribution in [3.8, 4) is 0 Å². The van der Waals surface area contributed by atoms with Crippen molar-refractivity contribution in [1.82, 2.24) is 4.90 Å². The molecule has 2 fully saturated rings. The first kappa shape index (κ1) is 12.9. The Bertz CT molecular complexity index is 561. The molecule has 3 rings (SSSR count). The Hall–Kier alpha value is -2.11. The molecule has 0 bridgehead atoms. The van der Waals surface area contributed by atoms with Crippen molar-refractivity contribution < 1.29 is 9.72 Å². The van der Waals surface area contributed by atoms with Gasteiger partial charge in [0.1, 0.15) is 5.69 Å². The third-order valence-electron chi connectivity index (χ3n) is 4.52. The molecule has 0 aromatic heterocycles. The maximum atomic E-state index is 12.5. The molecule has 6 nitrogen and oxygen atoms in total. The lowest BCUT2D eigenvalue weighted by molar-refractivity contribution is -0.383. The van der Waals surface area contributed by atoms with E-state index < -0.39 is 4.92 Å². The van der Waals surface area contributed by atoms with Crippen LogP contribution in [0.25, 0.3) is 0 Å². The third-order valence-corrected chi connectivity index (χ3v) is 4.52. The first-order chi connectivity index (χ1) is 9.58. The minimum Gasteiger partial charge on any atom is -0.393 e. The zero-order valence-electron chi connectivity index (χ0n) is 11.1. The van der Waals surface area contributed by atoms with Crippen LogP contribution in [0.5, 0.6) is 0 Å². The van der Waals surface area contributed by atoms with Gasteiger partial charge in [0, 0.05) is 19.2 Å². The van der Waals surface area contributed by atoms with E-state index >= 15 is 0 Å². The van der Waals surface area contributed by atoms with Gasteiger partial charge in [-0.15, -0.1) is 0 Å². The summed E-state index contributed by atoms with van der Waals surface area (Å²) in [4.78, 5) is 24.6. The zero-order chi connectivity index (χ0) is 14.3. The molecule has 2 unspecified atom stereocenters. The van der Waals surface area contributed by atoms with Gasteiger partial charge in [0.05, 0.1) is 10.5 Å². The van der Waals surface area contributed by atoms with Gasteiger partial charge in [0.15, 0.2) is 0 Å². The van der Waals surface area contributed by atoms with Crippen molar-refractivity contribution >= 4 is 17.3 Å². The molecular formula is C14H17N3O3. The molecule has 1 aromatic rings. The predicted molar refractivity (Wildman–Crippen MR) is 74.2 cm³/mol. The number of rotatable bonds is 2. The summed E-state index contributed by atoms with van der Waals surface area (Å²) in [5, 5.41) is 10.9. The maximum absolute atomic E-state index is 12.5. The summed E-state index contributed by atoms with van der Waals surface area (Å²) in [7, 11) is 0. The highest BCUT2D eigenvalue weighted by Crippen LogP contribution is 2.38. The Morgan fingerprint density at radius 3 is 2.55 bits per heavy atom. The van der Waals surface area contributed by atoms with Gasteiger partial charge in [-0.1, -0.05) is 12.5 Å². The molecule has 1 aliphatic heterocycles. The Morgan fingerprint density at radius 1 is 1.30 bits per heavy atom. The van der Waals surface area contributed by atoms with E-state index in [0.717, 1.165) is 13.1 Å². The molecule has 2 atom stereocenters. The second-order valence-electron chi connectivity index (χ2n) is 5.66. The minimum absolute atomic E-state index is 0.0282. The molecule has 2 aliphatic rings. The van der Waals surface area contributed by atoms with Crippen LogP contribution in [0, 0.1) is 22.0 Å². The average molecular weight is 275 g/mol. The minimum atomic E-state index is -0.551. The van der Waals surface area contributed by atoms with Crippen LogP contribution < -0.4 is 5.73 Å². The molecule has 0 spiro atoms. The third kappa shape index (κ3) is 2.01. The number of hydrogen-bond acceptors (Lipinski definition) is 4. The molecule has 106 valence electrons. The number of hydrogen-bond donors (Lipinski definition) is 1. The largest absolute Gasteiger partial charge is 0.393 e. The van der Waals surface area contributed by atoms with Crippen molar-refractivity contribution in [3.05, 3.63) is 33.9 Å². The number of likely N-dealkylation sites (tertiary alicyclic amines) is 1. The van der Waals surface area contributed by atoms with Gasteiger partial charge in [-0.3, -0.25) is 14.9 Å². The van der Waals surface area contributed by atoms with Crippen LogP contribution >= 0.6 is 0 Å². The lowest BCUT2D eigenvalue weighted by Gasteiger charge is -2.18. The van der Waals surface area contributed by atoms with Crippen molar-refractivity contribution in [2.75, 3.05) is 18.8 Å². The fourth-order valence-electron chi connectivity index (χ4n) is 3.47. The number of nitrogen functional groups attached to an aromatic ring is 1. The number of amides is 1. The van der Waals surface area contributed by atoms with Gasteiger partial charge in [-0.05, 0) is 30.7 Å². The monoisotopic (exact) mass is 275 g/mol. The smallest absolute Gasteiger partial charge is 0.292 e. The van der Waals surface area contributed by atoms with Gasteiger partial charge in [0.2, 0.25) is 0 Å². The van der Waals surface area contributed by atoms with Crippen molar-refractivity contribution in [2.45, 2.75) is 19.3 Å². The number of benzene rings is 1. The predicted octanol–water partition coefficient (Wildman–Crippen LogP) is 2.05. The van der Waals surface area contributed by atoms with Crippen molar-refractivity contribution in [1.29, 1.82) is 0 Å². The van der Waals surface area contributed by atoms with Crippen LogP contribution in [0.15, 0.2) is 18.2 Å². The van der Waals surface area contributed by atoms with Crippen LogP contribution in [0.2, 0.25) is 0 Å². The van der Waals surface area contributed by atoms with Crippen LogP contribution in [0.4, 0.5) is 11.4 Å². The summed E-state index contributed by atoms with van der Waals surface area (Å²) in [6, 6.07) is 4.40. The van der Waals surface area contributed by atoms with E-state index in [-0.39, 0.29) is 22.8 Å². The number of carbonyl (C=O) groups excluding carboxylic acids is 1. The summed E-state index contributed by atoms with van der Waals surface area (Å²) in [6.07, 6.45) is 3.61. The van der Waals surface area contributed by atoms with Crippen LogP contribution in [0.1, 0.15) is 29.6 Å². The van der Waals surface area contributed by atoms with Crippen LogP contribution in [-0.2, 0) is 0 Å². The van der Waals surface area contributed by atoms with E-state index in [9.17, 15) is 14.9 Å². The van der Waals surface area contributed by atoms with E-state index in [1.807, 2.05) is 0 Å². The summed E-state index contributed by atoms with van der Waals surface area (Å²) < 4.78 is 0. The number of nitrogens with two attached hydrogens (primary N) is 1. The molecule has 6 heteroatoms. The Labute approximate surface area is 116 Å². The molecule has 1 saturated carbocycles. The number of fused-ring (bicyclic) bond motifs is 1. The molecular weight excluding hydrogens is 258 g/mol. The highest BCUT2D eigenvalue weighted by molar-refractivity contribution is 6.01. The summed E-state index contributed by atoms with van der Waals surface area (Å²) in [5.74, 6) is 1.01. The second-order valence-corrected chi connectivity index (χ2v) is 5.66. The number of nitro groups is 1. The normalized spacial score (nSPS) is 24.7. The maximum Gasteiger partial charge on any atom is 0.292 e. The van der Waals surface area contributed by atoms with Gasteiger partial charge in [-0.2, -0.15) is 0 Å². The fourth-order valence-corrected chi connectivity index (χ4v) is 3.47. The first-order valence-electron chi connectivity index (χ1n) is 6.90. The van der Waals surface area contributed by atoms with E-state index in [1.54, 1.807) is 11.0 Å². The molecule has 20 heavy (non-hydrogen) atoms. The summed E-state index contributed by atoms with van der Waals surface area (Å²) in [5.41, 5.74) is 5.80. The van der Waals surface area contributed by atoms with E-state index in [4.69, 9.17) is 5.73 Å². The summed E-state index contributed by atoms with van der Waals surface area (Å²) in [6.45, 7) is 1.51. The van der Waals surface area contributed by atoms with Gasteiger partial charge < -0.3 is 10.6 Å². The van der Waals surface area contributed by atoms with E-state index in [1.165, 1.54) is 31.4 Å². The number of anilines is 1. The number of nitro benzene ring substituents is 1. The molecule has 1 aliphatic carbocycles. The zero-order valence-corrected chi connectivity index (χ0v) is 11.1. The topological polar surface area (TPSA) is 89.5 Å². The fraction of sp³-hybridized carbons (Fsp3) is 0.500. The molecule has 1 amide bonds. The molecule has 0 radical (unpaired) electrons. The molecule has 2 N–H and O–H groups in total. The van der Waals surface area contributed by atoms with Gasteiger partial charge in [0.25, 0.3) is 11.6 Å². The van der Waals surface area contributed by atoms with Gasteiger partial charge in [-0.25, -0.2) is 0 Å². The Kier molecular flexibility index (Phi) is 3.08. The quantitative estimate of drug-likeness (QED) is 0.508. The number of para-hydroxylation sites is 1. The Morgan fingerprint density at radius 2 is 1.95 bits per heavy atom.